The zero-order chi connectivity index (χ0) is 54.5. The van der Waals surface area contributed by atoms with Crippen molar-refractivity contribution < 1.29 is 50.8 Å². The van der Waals surface area contributed by atoms with Gasteiger partial charge in [-0.05, 0) is 97.4 Å². The Morgan fingerprint density at radius 3 is 1.12 bits per heavy atom. The van der Waals surface area contributed by atoms with Gasteiger partial charge in [0.2, 0.25) is 35.4 Å². The van der Waals surface area contributed by atoms with Gasteiger partial charge in [-0.1, -0.05) is 81.1 Å². The number of hydrogen-bond acceptors (Lipinski definition) is 16. The van der Waals surface area contributed by atoms with Crippen LogP contribution in [0.5, 0.6) is 0 Å². The number of hydrogen-bond donors (Lipinski definition) is 8. The largest absolute Gasteiger partial charge is 0.468 e. The molecule has 22 heteroatoms. The first-order valence-corrected chi connectivity index (χ1v) is 29.2. The van der Waals surface area contributed by atoms with Gasteiger partial charge in [0.05, 0.1) is 14.2 Å². The molecule has 3 saturated heterocycles. The Kier molecular flexibility index (Phi) is 37.1. The van der Waals surface area contributed by atoms with Crippen LogP contribution in [-0.4, -0.2) is 158 Å². The van der Waals surface area contributed by atoms with Crippen LogP contribution >= 0.6 is 47.0 Å². The molecule has 3 aliphatic heterocycles. The first-order valence-electron chi connectivity index (χ1n) is 24.6. The Bertz CT molecular complexity index is 1480. The van der Waals surface area contributed by atoms with Crippen LogP contribution in [0, 0.1) is 23.7 Å². The lowest BCUT2D eigenvalue weighted by molar-refractivity contribution is -0.143. The van der Waals surface area contributed by atoms with E-state index >= 15 is 0 Å². The quantitative estimate of drug-likeness (QED) is 0.0723. The van der Waals surface area contributed by atoms with E-state index in [1.54, 1.807) is 47.0 Å². The van der Waals surface area contributed by atoms with E-state index in [0.29, 0.717) is 25.7 Å². The third-order valence-corrected chi connectivity index (χ3v) is 14.6. The van der Waals surface area contributed by atoms with Crippen LogP contribution in [0.2, 0.25) is 0 Å². The van der Waals surface area contributed by atoms with Crippen LogP contribution in [0.3, 0.4) is 0 Å². The molecule has 0 aromatic rings. The molecule has 0 aliphatic carbocycles. The van der Waals surface area contributed by atoms with Gasteiger partial charge in [0.25, 0.3) is 0 Å². The molecule has 10 N–H and O–H groups in total. The lowest BCUT2D eigenvalue weighted by Crippen LogP contribution is -2.65. The predicted octanol–water partition coefficient (Wildman–Crippen LogP) is 3.33. The van der Waals surface area contributed by atoms with Crippen LogP contribution in [0.15, 0.2) is 0 Å². The molecule has 12 atom stereocenters. The molecule has 18 nitrogen and oxygen atoms in total. The second-order valence-corrected chi connectivity index (χ2v) is 20.9. The number of nitrogens with one attached hydrogen (secondary N) is 6. The van der Waals surface area contributed by atoms with E-state index in [4.69, 9.17) is 14.4 Å². The van der Waals surface area contributed by atoms with Gasteiger partial charge in [-0.2, -0.15) is 47.0 Å². The Hall–Kier alpha value is -2.92. The molecule has 0 aromatic carbocycles. The Morgan fingerprint density at radius 2 is 0.824 bits per heavy atom. The summed E-state index contributed by atoms with van der Waals surface area (Å²) in [4.78, 5) is 92.0. The third kappa shape index (κ3) is 25.8. The maximum atomic E-state index is 11.8. The molecule has 3 heterocycles. The van der Waals surface area contributed by atoms with Gasteiger partial charge in [0, 0.05) is 2.97 Å². The maximum Gasteiger partial charge on any atom is 0.322 e. The van der Waals surface area contributed by atoms with Gasteiger partial charge in [-0.25, -0.2) is 0 Å². The summed E-state index contributed by atoms with van der Waals surface area (Å²) >= 11 is 6.71. The van der Waals surface area contributed by atoms with Gasteiger partial charge >= 0.3 is 11.9 Å². The Morgan fingerprint density at radius 1 is 0.529 bits per heavy atom. The molecule has 68 heavy (non-hydrogen) atoms. The summed E-state index contributed by atoms with van der Waals surface area (Å²) in [5, 5.41) is 16.9. The molecule has 3 fully saturated rings. The molecule has 12 unspecified atom stereocenters. The van der Waals surface area contributed by atoms with Gasteiger partial charge < -0.3 is 52.8 Å². The number of nitrogens with two attached hydrogens (primary N) is 2. The van der Waals surface area contributed by atoms with Crippen molar-refractivity contribution in [3.63, 3.8) is 0 Å². The fraction of sp³-hybridized carbons (Fsp3) is 0.826. The Labute approximate surface area is 427 Å². The fourth-order valence-electron chi connectivity index (χ4n) is 6.30. The number of amides is 6. The lowest BCUT2D eigenvalue weighted by Gasteiger charge is -2.34. The van der Waals surface area contributed by atoms with E-state index in [0.717, 1.165) is 48.7 Å². The molecule has 3 rings (SSSR count). The van der Waals surface area contributed by atoms with Crippen molar-refractivity contribution in [2.24, 2.45) is 35.1 Å². The molecule has 0 spiro atoms. The summed E-state index contributed by atoms with van der Waals surface area (Å²) < 4.78 is 18.9. The molecular weight excluding hydrogens is 953 g/mol. The third-order valence-electron chi connectivity index (χ3n) is 12.0. The van der Waals surface area contributed by atoms with Crippen LogP contribution in [-0.2, 0) is 47.8 Å². The number of carbonyl (C=O) groups is 8. The summed E-state index contributed by atoms with van der Waals surface area (Å²) in [7, 11) is 2.70. The summed E-state index contributed by atoms with van der Waals surface area (Å²) in [6, 6.07) is -3.03. The first kappa shape index (κ1) is 65.1. The highest BCUT2D eigenvalue weighted by Crippen LogP contribution is 2.17. The van der Waals surface area contributed by atoms with E-state index in [1.807, 2.05) is 80.4 Å². The lowest BCUT2D eigenvalue weighted by atomic mass is 9.91. The molecule has 0 bridgehead atoms. The minimum atomic E-state index is -0.463. The second kappa shape index (κ2) is 38.8. The average Bonchev–Trinajstić information content (AvgIpc) is 3.37. The predicted molar refractivity (Wildman–Crippen MR) is 283 cm³/mol. The molecule has 398 valence electrons. The van der Waals surface area contributed by atoms with Crippen molar-refractivity contribution in [3.8, 4) is 0 Å². The van der Waals surface area contributed by atoms with E-state index < -0.39 is 12.1 Å². The smallest absolute Gasteiger partial charge is 0.322 e. The maximum absolute atomic E-state index is 11.8. The first-order chi connectivity index (χ1) is 33.1. The number of ether oxygens (including phenoxy) is 2. The van der Waals surface area contributed by atoms with Gasteiger partial charge in [-0.3, -0.25) is 38.4 Å². The van der Waals surface area contributed by atoms with Crippen molar-refractivity contribution in [1.29, 1.82) is 0 Å². The number of carbonyl (C=O) groups excluding carboxylic acids is 8. The van der Waals surface area contributed by atoms with E-state index in [9.17, 15) is 38.4 Å². The zero-order valence-corrected chi connectivity index (χ0v) is 46.5. The van der Waals surface area contributed by atoms with E-state index in [2.05, 4.69) is 41.4 Å². The molecule has 3 aliphatic rings. The van der Waals surface area contributed by atoms with Crippen molar-refractivity contribution in [2.45, 2.75) is 155 Å². The molecule has 0 radical (unpaired) electrons. The van der Waals surface area contributed by atoms with E-state index in [1.165, 1.54) is 14.2 Å². The van der Waals surface area contributed by atoms with Crippen LogP contribution in [0.25, 0.3) is 0 Å². The minimum absolute atomic E-state index is 0.0416. The van der Waals surface area contributed by atoms with Crippen LogP contribution < -0.4 is 43.4 Å². The number of thioether (sulfide) groups is 4. The van der Waals surface area contributed by atoms with Crippen molar-refractivity contribution in [3.05, 3.63) is 0 Å². The Balaban J connectivity index is -0.000000806. The standard InChI is InChI=1S/C12H22N2O2.C11H20N2O2S.C10H18N2O2S2.C7H15NO2.C6H13NO2S.H2/c1-5-7(3)9-11(15)14-10(8(4)6-2)12(16)13-9;1-4-7(2)9-11(15)12-8(5-6-16-3)10(14)13-9;1-15-5-3-7-9(13)12-8(4-6-16-2)10(14)11-7;1-4-5(2)6(8)7(9)10-3;1-9-6(8)5(7)3-4-10-2;/h7-10H,5-6H2,1-4H3,(H,13,16)(H,14,15);7-9H,4-6H2,1-3H3,(H,12,15)(H,13,14);7-8H,3-6H2,1-2H3,(H,11,14)(H,12,13);5-6H,4,8H2,1-3H3;5H,3-4,7H2,1-2H3;1H/i;;;;;1+2D. The summed E-state index contributed by atoms with van der Waals surface area (Å²) in [6.07, 6.45) is 14.3. The second-order valence-electron chi connectivity index (χ2n) is 17.0. The fourth-order valence-corrected chi connectivity index (χ4v) is 8.21. The topological polar surface area (TPSA) is 279 Å². The highest BCUT2D eigenvalue weighted by atomic mass is 32.2. The number of esters is 2. The van der Waals surface area contributed by atoms with Crippen LogP contribution in [0.1, 0.15) is 110 Å². The highest BCUT2D eigenvalue weighted by molar-refractivity contribution is 7.99. The SMILES string of the molecule is CCC(C)C(N)C(=O)OC.CCC(C)C1NC(=O)C(C(C)CC)NC1=O.CCC(C)C1NC(=O)C(CCSC)NC1=O.COC(=O)C(N)CCSC.CSCCC1NC(=O)C(CCSC)NC1=O.[2H][3H]. The number of rotatable bonds is 22. The molecule has 0 saturated carbocycles. The molecule has 0 aromatic heterocycles. The van der Waals surface area contributed by atoms with Gasteiger partial charge in [0.15, 0.2) is 0 Å². The van der Waals surface area contributed by atoms with Crippen molar-refractivity contribution in [1.82, 2.24) is 31.9 Å². The van der Waals surface area contributed by atoms with Crippen molar-refractivity contribution >= 4 is 94.4 Å². The minimum Gasteiger partial charge on any atom is -0.468 e. The van der Waals surface area contributed by atoms with Crippen molar-refractivity contribution in [2.75, 3.05) is 62.3 Å². The molecule has 6 amide bonds. The summed E-state index contributed by atoms with van der Waals surface area (Å²) in [6.45, 7) is 15.9. The monoisotopic (exact) mass is 1050 g/mol. The number of piperazine rings is 3. The van der Waals surface area contributed by atoms with Crippen LogP contribution in [0.4, 0.5) is 0 Å². The summed E-state index contributed by atoms with van der Waals surface area (Å²) in [5.41, 5.74) is 10.9. The van der Waals surface area contributed by atoms with Gasteiger partial charge in [-0.15, -0.1) is 0 Å². The highest BCUT2D eigenvalue weighted by Gasteiger charge is 2.38. The number of methoxy groups -OCH3 is 2. The average molecular weight is 1050 g/mol. The molecular formula is C46H90N8O10S4. The summed E-state index contributed by atoms with van der Waals surface area (Å²) in [5.74, 6) is 3.40. The van der Waals surface area contributed by atoms with Gasteiger partial charge in [0.1, 0.15) is 48.3 Å². The van der Waals surface area contributed by atoms with E-state index in [-0.39, 0.29) is 107 Å². The normalized spacial score (nSPS) is 23.5. The zero-order valence-electron chi connectivity index (χ0n) is 45.3.